The van der Waals surface area contributed by atoms with Gasteiger partial charge in [-0.1, -0.05) is 0 Å². The van der Waals surface area contributed by atoms with Gasteiger partial charge in [-0.25, -0.2) is 0 Å². The van der Waals surface area contributed by atoms with Gasteiger partial charge in [0, 0.05) is 0 Å². The molecule has 0 rings (SSSR count). The normalized spacial score (nSPS) is 11.9. The van der Waals surface area contributed by atoms with Crippen molar-refractivity contribution in [3.63, 3.8) is 0 Å². The first kappa shape index (κ1) is 10.0. The van der Waals surface area contributed by atoms with Gasteiger partial charge in [-0.3, -0.25) is 4.79 Å². The molecule has 0 spiro atoms. The molecule has 44 valence electrons. The highest BCUT2D eigenvalue weighted by Gasteiger charge is 1.97. The van der Waals surface area contributed by atoms with Crippen molar-refractivity contribution in [3.05, 3.63) is 0 Å². The molecule has 0 aromatic heterocycles. The van der Waals surface area contributed by atoms with Crippen LogP contribution in [-0.2, 0) is 4.79 Å². The Labute approximate surface area is 48.9 Å². The Bertz CT molecular complexity index is 60.7. The number of halogens is 1. The Kier molecular flexibility index (Phi) is 5.85. The van der Waals surface area contributed by atoms with Crippen molar-refractivity contribution in [2.24, 2.45) is 0 Å². The van der Waals surface area contributed by atoms with Crippen LogP contribution in [0.2, 0.25) is 0 Å². The highest BCUT2D eigenvalue weighted by molar-refractivity contribution is 5.85. The summed E-state index contributed by atoms with van der Waals surface area (Å²) in [4.78, 5) is 9.89. The average molecular weight is 125 g/mol. The Morgan fingerprint density at radius 2 is 1.86 bits per heavy atom. The van der Waals surface area contributed by atoms with Crippen LogP contribution in [0.25, 0.3) is 0 Å². The quantitative estimate of drug-likeness (QED) is 0.549. The lowest BCUT2D eigenvalue weighted by atomic mass is 10.3. The molecule has 7 heavy (non-hydrogen) atoms. The Balaban J connectivity index is 0. The number of aliphatic hydroxyl groups excluding tert-OH is 1. The number of Topliss-reactive ketones (excluding diaryl/α,β-unsaturated/α-hetero) is 1. The molecule has 0 aliphatic heterocycles. The van der Waals surface area contributed by atoms with Gasteiger partial charge < -0.3 is 5.11 Å². The van der Waals surface area contributed by atoms with Gasteiger partial charge in [0.1, 0.15) is 6.10 Å². The van der Waals surface area contributed by atoms with Crippen LogP contribution in [0.5, 0.6) is 0 Å². The van der Waals surface area contributed by atoms with Gasteiger partial charge in [0.05, 0.1) is 0 Å². The molecule has 0 aliphatic rings. The molecule has 3 heteroatoms. The van der Waals surface area contributed by atoms with Gasteiger partial charge in [-0.15, -0.1) is 12.4 Å². The molecule has 2 nitrogen and oxygen atoms in total. The molecule has 0 aromatic carbocycles. The van der Waals surface area contributed by atoms with E-state index in [9.17, 15) is 4.79 Å². The third kappa shape index (κ3) is 5.92. The van der Waals surface area contributed by atoms with Crippen molar-refractivity contribution in [1.82, 2.24) is 0 Å². The van der Waals surface area contributed by atoms with E-state index in [-0.39, 0.29) is 18.2 Å². The van der Waals surface area contributed by atoms with Crippen LogP contribution in [-0.4, -0.2) is 17.0 Å². The standard InChI is InChI=1S/C4H8O2.ClH/c1-3(5)4(2)6;/h3,5H,1-2H3;1H. The lowest BCUT2D eigenvalue weighted by Crippen LogP contribution is -2.10. The number of rotatable bonds is 1. The zero-order valence-electron chi connectivity index (χ0n) is 4.34. The summed E-state index contributed by atoms with van der Waals surface area (Å²) in [6.07, 6.45) is -0.787. The van der Waals surface area contributed by atoms with Crippen LogP contribution in [0.15, 0.2) is 0 Å². The van der Waals surface area contributed by atoms with E-state index in [1.165, 1.54) is 13.8 Å². The largest absolute Gasteiger partial charge is 0.386 e. The van der Waals surface area contributed by atoms with E-state index in [1.807, 2.05) is 0 Å². The maximum Gasteiger partial charge on any atom is 0.157 e. The topological polar surface area (TPSA) is 37.3 Å². The molecular weight excluding hydrogens is 115 g/mol. The molecule has 0 fully saturated rings. The Morgan fingerprint density at radius 1 is 1.71 bits per heavy atom. The highest BCUT2D eigenvalue weighted by atomic mass is 35.5. The average Bonchev–Trinajstić information content (AvgIpc) is 1.36. The van der Waals surface area contributed by atoms with Gasteiger partial charge >= 0.3 is 0 Å². The first-order chi connectivity index (χ1) is 2.64. The fraction of sp³-hybridized carbons (Fsp3) is 0.750. The maximum absolute atomic E-state index is 9.89. The number of aliphatic hydroxyl groups is 1. The van der Waals surface area contributed by atoms with Gasteiger partial charge in [0.25, 0.3) is 0 Å². The maximum atomic E-state index is 9.89. The van der Waals surface area contributed by atoms with E-state index >= 15 is 0 Å². The molecule has 0 aromatic rings. The Hall–Kier alpha value is -0.0800. The number of carbonyl (C=O) groups is 1. The van der Waals surface area contributed by atoms with Crippen molar-refractivity contribution in [2.45, 2.75) is 20.0 Å². The van der Waals surface area contributed by atoms with Gasteiger partial charge in [0.15, 0.2) is 5.78 Å². The van der Waals surface area contributed by atoms with E-state index in [4.69, 9.17) is 5.11 Å². The van der Waals surface area contributed by atoms with Gasteiger partial charge in [-0.05, 0) is 13.8 Å². The first-order valence-electron chi connectivity index (χ1n) is 1.83. The minimum absolute atomic E-state index is 0. The molecule has 0 radical (unpaired) electrons. The highest BCUT2D eigenvalue weighted by Crippen LogP contribution is 1.76. The molecular formula is C4H9ClO2. The van der Waals surface area contributed by atoms with Crippen molar-refractivity contribution >= 4 is 18.2 Å². The SMILES string of the molecule is CC(=O)C(C)O.Cl. The van der Waals surface area contributed by atoms with Gasteiger partial charge in [0.2, 0.25) is 0 Å². The van der Waals surface area contributed by atoms with E-state index in [0.717, 1.165) is 0 Å². The summed E-state index contributed by atoms with van der Waals surface area (Å²) in [5.41, 5.74) is 0. The monoisotopic (exact) mass is 124 g/mol. The lowest BCUT2D eigenvalue weighted by Gasteiger charge is -1.90. The molecule has 0 saturated carbocycles. The number of hydrogen-bond acceptors (Lipinski definition) is 2. The summed E-state index contributed by atoms with van der Waals surface area (Å²) < 4.78 is 0. The fourth-order valence-corrected chi connectivity index (χ4v) is 0. The van der Waals surface area contributed by atoms with Crippen LogP contribution >= 0.6 is 12.4 Å². The molecule has 0 amide bonds. The zero-order chi connectivity index (χ0) is 5.15. The van der Waals surface area contributed by atoms with E-state index < -0.39 is 6.10 Å². The van der Waals surface area contributed by atoms with E-state index in [1.54, 1.807) is 0 Å². The van der Waals surface area contributed by atoms with Crippen LogP contribution in [0.3, 0.4) is 0 Å². The summed E-state index contributed by atoms with van der Waals surface area (Å²) in [6.45, 7) is 2.80. The molecule has 1 atom stereocenters. The predicted octanol–water partition coefficient (Wildman–Crippen LogP) is 0.378. The fourth-order valence-electron chi connectivity index (χ4n) is 0. The van der Waals surface area contributed by atoms with Crippen molar-refractivity contribution in [3.8, 4) is 0 Å². The molecule has 0 saturated heterocycles. The minimum atomic E-state index is -0.787. The van der Waals surface area contributed by atoms with E-state index in [2.05, 4.69) is 0 Å². The number of carbonyl (C=O) groups excluding carboxylic acids is 1. The molecule has 0 heterocycles. The third-order valence-corrected chi connectivity index (χ3v) is 0.588. The second-order valence-electron chi connectivity index (χ2n) is 1.29. The van der Waals surface area contributed by atoms with Crippen LogP contribution in [0.4, 0.5) is 0 Å². The molecule has 0 bridgehead atoms. The predicted molar refractivity (Wildman–Crippen MR) is 29.6 cm³/mol. The number of ketones is 1. The number of hydrogen-bond donors (Lipinski definition) is 1. The minimum Gasteiger partial charge on any atom is -0.386 e. The van der Waals surface area contributed by atoms with Crippen molar-refractivity contribution < 1.29 is 9.90 Å². The summed E-state index contributed by atoms with van der Waals surface area (Å²) in [5, 5.41) is 8.28. The van der Waals surface area contributed by atoms with Crippen LogP contribution < -0.4 is 0 Å². The summed E-state index contributed by atoms with van der Waals surface area (Å²) in [7, 11) is 0. The van der Waals surface area contributed by atoms with Crippen LogP contribution in [0, 0.1) is 0 Å². The summed E-state index contributed by atoms with van der Waals surface area (Å²) >= 11 is 0. The Morgan fingerprint density at radius 3 is 1.86 bits per heavy atom. The summed E-state index contributed by atoms with van der Waals surface area (Å²) in [6, 6.07) is 0. The smallest absolute Gasteiger partial charge is 0.157 e. The molecule has 0 aliphatic carbocycles. The third-order valence-electron chi connectivity index (χ3n) is 0.588. The zero-order valence-corrected chi connectivity index (χ0v) is 5.16. The van der Waals surface area contributed by atoms with Crippen molar-refractivity contribution in [2.75, 3.05) is 0 Å². The lowest BCUT2D eigenvalue weighted by molar-refractivity contribution is -0.124. The van der Waals surface area contributed by atoms with Crippen LogP contribution in [0.1, 0.15) is 13.8 Å². The second kappa shape index (κ2) is 4.09. The second-order valence-corrected chi connectivity index (χ2v) is 1.29. The summed E-state index contributed by atoms with van der Waals surface area (Å²) in [5.74, 6) is -0.185. The van der Waals surface area contributed by atoms with Crippen molar-refractivity contribution in [1.29, 1.82) is 0 Å². The first-order valence-corrected chi connectivity index (χ1v) is 1.83. The molecule has 1 unspecified atom stereocenters. The van der Waals surface area contributed by atoms with E-state index in [0.29, 0.717) is 0 Å². The molecule has 1 N–H and O–H groups in total. The van der Waals surface area contributed by atoms with Gasteiger partial charge in [-0.2, -0.15) is 0 Å².